The molecule has 1 unspecified atom stereocenters. The smallest absolute Gasteiger partial charge is 0.322 e. The molecular formula is C22H31N4O2+. The Hall–Kier alpha value is -2.34. The second-order valence-corrected chi connectivity index (χ2v) is 8.35. The lowest BCUT2D eigenvalue weighted by Crippen LogP contribution is -3.16. The number of carbonyl (C=O) groups is 2. The van der Waals surface area contributed by atoms with Crippen LogP contribution in [0.4, 0.5) is 4.79 Å². The molecule has 3 amide bonds. The molecule has 0 bridgehead atoms. The fourth-order valence-corrected chi connectivity index (χ4v) is 4.82. The minimum absolute atomic E-state index is 0.0670. The number of benzene rings is 1. The first kappa shape index (κ1) is 19.0. The van der Waals surface area contributed by atoms with Crippen molar-refractivity contribution in [1.29, 1.82) is 0 Å². The summed E-state index contributed by atoms with van der Waals surface area (Å²) in [5.74, 6) is 0.0670. The average Bonchev–Trinajstić information content (AvgIpc) is 3.04. The van der Waals surface area contributed by atoms with Gasteiger partial charge in [-0.05, 0) is 31.7 Å². The fraction of sp³-hybridized carbons (Fsp3) is 0.545. The van der Waals surface area contributed by atoms with Crippen LogP contribution in [0.1, 0.15) is 44.2 Å². The van der Waals surface area contributed by atoms with E-state index in [1.54, 1.807) is 16.8 Å². The van der Waals surface area contributed by atoms with Crippen LogP contribution in [0, 0.1) is 0 Å². The number of piperidine rings is 1. The number of hydrogen-bond acceptors (Lipinski definition) is 2. The van der Waals surface area contributed by atoms with E-state index in [-0.39, 0.29) is 18.0 Å². The summed E-state index contributed by atoms with van der Waals surface area (Å²) < 4.78 is 0. The highest BCUT2D eigenvalue weighted by atomic mass is 16.2. The lowest BCUT2D eigenvalue weighted by Gasteiger charge is -2.31. The van der Waals surface area contributed by atoms with Crippen molar-refractivity contribution < 1.29 is 14.5 Å². The molecule has 4 rings (SSSR count). The summed E-state index contributed by atoms with van der Waals surface area (Å²) >= 11 is 0. The van der Waals surface area contributed by atoms with Crippen molar-refractivity contribution in [3.63, 3.8) is 0 Å². The summed E-state index contributed by atoms with van der Waals surface area (Å²) in [7, 11) is 1.75. The molecule has 1 aromatic rings. The van der Waals surface area contributed by atoms with E-state index in [1.807, 2.05) is 35.2 Å². The molecule has 1 fully saturated rings. The molecule has 150 valence electrons. The van der Waals surface area contributed by atoms with Gasteiger partial charge in [-0.25, -0.2) is 4.79 Å². The van der Waals surface area contributed by atoms with Crippen molar-refractivity contribution in [2.45, 2.75) is 44.7 Å². The third kappa shape index (κ3) is 3.53. The van der Waals surface area contributed by atoms with Gasteiger partial charge < -0.3 is 15.1 Å². The molecule has 2 N–H and O–H groups in total. The number of nitrogens with zero attached hydrogens (tertiary/aromatic N) is 2. The topological polar surface area (TPSA) is 57.1 Å². The Morgan fingerprint density at radius 2 is 1.96 bits per heavy atom. The van der Waals surface area contributed by atoms with Crippen molar-refractivity contribution in [3.05, 3.63) is 47.2 Å². The number of quaternary nitrogens is 1. The van der Waals surface area contributed by atoms with Gasteiger partial charge in [0.1, 0.15) is 0 Å². The summed E-state index contributed by atoms with van der Waals surface area (Å²) in [6.45, 7) is 6.00. The number of carbonyl (C=O) groups excluding carboxylic acids is 2. The van der Waals surface area contributed by atoms with Gasteiger partial charge in [-0.15, -0.1) is 0 Å². The molecule has 1 aromatic carbocycles. The van der Waals surface area contributed by atoms with Crippen LogP contribution in [-0.4, -0.2) is 61.0 Å². The van der Waals surface area contributed by atoms with Gasteiger partial charge in [-0.3, -0.25) is 9.69 Å². The van der Waals surface area contributed by atoms with Crippen LogP contribution < -0.4 is 10.2 Å². The maximum Gasteiger partial charge on any atom is 0.322 e. The first-order valence-corrected chi connectivity index (χ1v) is 10.5. The standard InChI is InChI=1S/C22H30N4O2/c1-16-9-6-7-12-25(16)13-8-14-26-15-18-19(21(26)27)20(23-22(28)24(18)2)17-10-4-3-5-11-17/h3-5,10-11,16,20H,6-9,12-15H2,1-2H3,(H,23,28)/p+1/t16-,20-/m0/s1. The van der Waals surface area contributed by atoms with E-state index in [0.717, 1.165) is 42.4 Å². The molecule has 3 atom stereocenters. The Labute approximate surface area is 167 Å². The zero-order valence-electron chi connectivity index (χ0n) is 16.9. The van der Waals surface area contributed by atoms with Crippen LogP contribution in [0.2, 0.25) is 0 Å². The van der Waals surface area contributed by atoms with Gasteiger partial charge in [0.05, 0.1) is 43.0 Å². The molecule has 0 aliphatic carbocycles. The van der Waals surface area contributed by atoms with E-state index in [4.69, 9.17) is 0 Å². The Morgan fingerprint density at radius 1 is 1.18 bits per heavy atom. The number of hydrogen-bond donors (Lipinski definition) is 2. The third-order valence-corrected chi connectivity index (χ3v) is 6.58. The lowest BCUT2D eigenvalue weighted by molar-refractivity contribution is -0.928. The molecule has 3 heterocycles. The Balaban J connectivity index is 1.45. The minimum Gasteiger partial charge on any atom is -0.333 e. The minimum atomic E-state index is -0.356. The molecule has 0 radical (unpaired) electrons. The van der Waals surface area contributed by atoms with E-state index in [1.165, 1.54) is 25.8 Å². The highest BCUT2D eigenvalue weighted by molar-refractivity contribution is 6.01. The predicted octanol–water partition coefficient (Wildman–Crippen LogP) is 1.33. The average molecular weight is 384 g/mol. The van der Waals surface area contributed by atoms with E-state index in [0.29, 0.717) is 6.54 Å². The van der Waals surface area contributed by atoms with Crippen LogP contribution in [0.15, 0.2) is 41.6 Å². The summed E-state index contributed by atoms with van der Waals surface area (Å²) in [6.07, 6.45) is 4.98. The maximum atomic E-state index is 13.2. The highest BCUT2D eigenvalue weighted by Gasteiger charge is 2.42. The molecule has 3 aliphatic rings. The van der Waals surface area contributed by atoms with Crippen molar-refractivity contribution in [3.8, 4) is 0 Å². The second kappa shape index (κ2) is 7.95. The van der Waals surface area contributed by atoms with Crippen LogP contribution in [-0.2, 0) is 4.79 Å². The number of likely N-dealkylation sites (tertiary alicyclic amines) is 1. The van der Waals surface area contributed by atoms with E-state index < -0.39 is 0 Å². The van der Waals surface area contributed by atoms with Gasteiger partial charge >= 0.3 is 6.03 Å². The second-order valence-electron chi connectivity index (χ2n) is 8.35. The molecule has 6 heteroatoms. The Kier molecular flexibility index (Phi) is 5.40. The fourth-order valence-electron chi connectivity index (χ4n) is 4.82. The van der Waals surface area contributed by atoms with Crippen molar-refractivity contribution in [1.82, 2.24) is 15.1 Å². The quantitative estimate of drug-likeness (QED) is 0.806. The van der Waals surface area contributed by atoms with Gasteiger partial charge in [0, 0.05) is 20.0 Å². The molecule has 3 aliphatic heterocycles. The van der Waals surface area contributed by atoms with Crippen LogP contribution in [0.25, 0.3) is 0 Å². The number of rotatable bonds is 5. The van der Waals surface area contributed by atoms with Gasteiger partial charge in [0.15, 0.2) is 0 Å². The summed E-state index contributed by atoms with van der Waals surface area (Å²) in [6, 6.07) is 10.0. The SMILES string of the molecule is C[C@H]1CCCC[NH+]1CCCN1CC2=C(C1=O)[C@H](c1ccccc1)NC(=O)N2C. The first-order chi connectivity index (χ1) is 13.6. The molecular weight excluding hydrogens is 352 g/mol. The van der Waals surface area contributed by atoms with Crippen LogP contribution in [0.5, 0.6) is 0 Å². The largest absolute Gasteiger partial charge is 0.333 e. The molecule has 28 heavy (non-hydrogen) atoms. The van der Waals surface area contributed by atoms with E-state index in [2.05, 4.69) is 12.2 Å². The van der Waals surface area contributed by atoms with Crippen LogP contribution in [0.3, 0.4) is 0 Å². The normalized spacial score (nSPS) is 27.9. The number of urea groups is 1. The van der Waals surface area contributed by atoms with Crippen molar-refractivity contribution in [2.24, 2.45) is 0 Å². The number of nitrogens with one attached hydrogen (secondary N) is 2. The zero-order chi connectivity index (χ0) is 19.7. The van der Waals surface area contributed by atoms with Gasteiger partial charge in [0.25, 0.3) is 5.91 Å². The van der Waals surface area contributed by atoms with Crippen molar-refractivity contribution >= 4 is 11.9 Å². The monoisotopic (exact) mass is 383 g/mol. The predicted molar refractivity (Wildman–Crippen MR) is 108 cm³/mol. The Morgan fingerprint density at radius 3 is 2.71 bits per heavy atom. The summed E-state index contributed by atoms with van der Waals surface area (Å²) in [5.41, 5.74) is 2.53. The van der Waals surface area contributed by atoms with Gasteiger partial charge in [0.2, 0.25) is 0 Å². The van der Waals surface area contributed by atoms with Gasteiger partial charge in [-0.2, -0.15) is 0 Å². The van der Waals surface area contributed by atoms with Crippen molar-refractivity contribution in [2.75, 3.05) is 33.2 Å². The van der Waals surface area contributed by atoms with Crippen LogP contribution >= 0.6 is 0 Å². The lowest BCUT2D eigenvalue weighted by atomic mass is 9.96. The van der Waals surface area contributed by atoms with E-state index >= 15 is 0 Å². The van der Waals surface area contributed by atoms with E-state index in [9.17, 15) is 9.59 Å². The maximum absolute atomic E-state index is 13.2. The molecule has 0 saturated carbocycles. The Bertz CT molecular complexity index is 776. The zero-order valence-corrected chi connectivity index (χ0v) is 16.9. The first-order valence-electron chi connectivity index (χ1n) is 10.5. The molecule has 0 aromatic heterocycles. The number of likely N-dealkylation sites (N-methyl/N-ethyl adjacent to an activating group) is 1. The van der Waals surface area contributed by atoms with Gasteiger partial charge in [-0.1, -0.05) is 30.3 Å². The molecule has 1 saturated heterocycles. The third-order valence-electron chi connectivity index (χ3n) is 6.58. The summed E-state index contributed by atoms with van der Waals surface area (Å²) in [4.78, 5) is 30.8. The summed E-state index contributed by atoms with van der Waals surface area (Å²) in [5, 5.41) is 3.00. The highest BCUT2D eigenvalue weighted by Crippen LogP contribution is 2.35. The molecule has 0 spiro atoms. The molecule has 6 nitrogen and oxygen atoms in total. The number of amides is 3.